The molecule has 0 unspecified atom stereocenters. The largest absolute Gasteiger partial charge is 0.481 e. The van der Waals surface area contributed by atoms with Crippen molar-refractivity contribution in [3.8, 4) is 0 Å². The second-order valence-corrected chi connectivity index (χ2v) is 5.47. The second-order valence-electron chi connectivity index (χ2n) is 5.47. The van der Waals surface area contributed by atoms with Crippen LogP contribution >= 0.6 is 0 Å². The third-order valence-corrected chi connectivity index (χ3v) is 4.09. The third-order valence-electron chi connectivity index (χ3n) is 4.09. The number of carbonyl (C=O) groups excluding carboxylic acids is 1. The van der Waals surface area contributed by atoms with Crippen LogP contribution in [0.5, 0.6) is 0 Å². The number of rotatable bonds is 4. The lowest BCUT2D eigenvalue weighted by molar-refractivity contribution is -0.141. The molecule has 1 aliphatic rings. The van der Waals surface area contributed by atoms with Crippen LogP contribution in [-0.4, -0.2) is 35.0 Å². The molecular weight excluding hydrogens is 266 g/mol. The van der Waals surface area contributed by atoms with Crippen molar-refractivity contribution in [2.75, 3.05) is 13.1 Å². The van der Waals surface area contributed by atoms with E-state index in [4.69, 9.17) is 5.11 Å². The summed E-state index contributed by atoms with van der Waals surface area (Å²) in [6.07, 6.45) is 0.879. The highest BCUT2D eigenvalue weighted by Gasteiger charge is 2.33. The van der Waals surface area contributed by atoms with Crippen LogP contribution in [-0.2, 0) is 16.0 Å². The minimum absolute atomic E-state index is 0.0531. The van der Waals surface area contributed by atoms with Crippen molar-refractivity contribution in [2.45, 2.75) is 12.8 Å². The average molecular weight is 283 g/mol. The molecule has 2 aromatic rings. The van der Waals surface area contributed by atoms with Crippen LogP contribution in [0.1, 0.15) is 12.0 Å². The molecule has 0 spiro atoms. The fraction of sp³-hybridized carbons (Fsp3) is 0.294. The lowest BCUT2D eigenvalue weighted by atomic mass is 10.0. The van der Waals surface area contributed by atoms with Crippen LogP contribution in [0.4, 0.5) is 0 Å². The number of likely N-dealkylation sites (tertiary alicyclic amines) is 1. The van der Waals surface area contributed by atoms with Gasteiger partial charge < -0.3 is 10.0 Å². The zero-order valence-corrected chi connectivity index (χ0v) is 11.7. The number of carboxylic acid groups (broad SMARTS) is 1. The molecule has 1 saturated heterocycles. The number of hydrogen-bond donors (Lipinski definition) is 1. The number of hydrogen-bond acceptors (Lipinski definition) is 2. The number of fused-ring (bicyclic) bond motifs is 1. The Kier molecular flexibility index (Phi) is 3.60. The highest BCUT2D eigenvalue weighted by Crippen LogP contribution is 2.21. The van der Waals surface area contributed by atoms with Crippen LogP contribution in [0.25, 0.3) is 10.8 Å². The fourth-order valence-electron chi connectivity index (χ4n) is 2.92. The minimum atomic E-state index is -0.879. The van der Waals surface area contributed by atoms with E-state index in [1.165, 1.54) is 16.3 Å². The molecule has 4 heteroatoms. The average Bonchev–Trinajstić information content (AvgIpc) is 2.86. The van der Waals surface area contributed by atoms with Gasteiger partial charge in [-0.25, -0.2) is 0 Å². The predicted molar refractivity (Wildman–Crippen MR) is 80.0 cm³/mol. The monoisotopic (exact) mass is 283 g/mol. The summed E-state index contributed by atoms with van der Waals surface area (Å²) in [7, 11) is 0. The summed E-state index contributed by atoms with van der Waals surface area (Å²) in [5, 5.41) is 11.4. The van der Waals surface area contributed by atoms with Gasteiger partial charge in [-0.15, -0.1) is 0 Å². The standard InChI is InChI=1S/C17H17NO3/c19-16-10-14(17(20)21)11-18(16)9-8-13-6-3-5-12-4-1-2-7-15(12)13/h1-7,14H,8-11H2,(H,20,21)/t14-/m0/s1. The van der Waals surface area contributed by atoms with Gasteiger partial charge in [0.2, 0.25) is 5.91 Å². The van der Waals surface area contributed by atoms with Gasteiger partial charge in [-0.05, 0) is 22.8 Å². The highest BCUT2D eigenvalue weighted by molar-refractivity contribution is 5.87. The first-order valence-corrected chi connectivity index (χ1v) is 7.12. The van der Waals surface area contributed by atoms with Crippen molar-refractivity contribution >= 4 is 22.6 Å². The summed E-state index contributed by atoms with van der Waals surface area (Å²) in [6.45, 7) is 0.912. The zero-order valence-electron chi connectivity index (χ0n) is 11.7. The van der Waals surface area contributed by atoms with Gasteiger partial charge in [-0.3, -0.25) is 9.59 Å². The highest BCUT2D eigenvalue weighted by atomic mass is 16.4. The van der Waals surface area contributed by atoms with E-state index in [-0.39, 0.29) is 12.3 Å². The fourth-order valence-corrected chi connectivity index (χ4v) is 2.92. The first-order chi connectivity index (χ1) is 10.1. The SMILES string of the molecule is O=C(O)[C@H]1CC(=O)N(CCc2cccc3ccccc23)C1. The Morgan fingerprint density at radius 1 is 1.19 bits per heavy atom. The quantitative estimate of drug-likeness (QED) is 0.936. The van der Waals surface area contributed by atoms with Crippen molar-refractivity contribution in [3.05, 3.63) is 48.0 Å². The summed E-state index contributed by atoms with van der Waals surface area (Å²) >= 11 is 0. The molecule has 1 atom stereocenters. The molecule has 0 bridgehead atoms. The smallest absolute Gasteiger partial charge is 0.308 e. The van der Waals surface area contributed by atoms with E-state index < -0.39 is 11.9 Å². The first kappa shape index (κ1) is 13.6. The van der Waals surface area contributed by atoms with Crippen molar-refractivity contribution in [1.29, 1.82) is 0 Å². The van der Waals surface area contributed by atoms with E-state index >= 15 is 0 Å². The Balaban J connectivity index is 1.73. The molecule has 0 saturated carbocycles. The van der Waals surface area contributed by atoms with Gasteiger partial charge in [0.25, 0.3) is 0 Å². The van der Waals surface area contributed by atoms with E-state index in [1.54, 1.807) is 4.90 Å². The molecule has 21 heavy (non-hydrogen) atoms. The summed E-state index contributed by atoms with van der Waals surface area (Å²) in [5.41, 5.74) is 1.19. The van der Waals surface area contributed by atoms with Gasteiger partial charge in [0, 0.05) is 19.5 Å². The number of amides is 1. The topological polar surface area (TPSA) is 57.6 Å². The summed E-state index contributed by atoms with van der Waals surface area (Å²) in [6, 6.07) is 14.3. The number of nitrogens with zero attached hydrogens (tertiary/aromatic N) is 1. The van der Waals surface area contributed by atoms with E-state index in [0.717, 1.165) is 6.42 Å². The van der Waals surface area contributed by atoms with Gasteiger partial charge in [0.15, 0.2) is 0 Å². The van der Waals surface area contributed by atoms with Crippen LogP contribution < -0.4 is 0 Å². The maximum atomic E-state index is 11.8. The van der Waals surface area contributed by atoms with Crippen molar-refractivity contribution in [2.24, 2.45) is 5.92 Å². The molecule has 1 fully saturated rings. The summed E-state index contributed by atoms with van der Waals surface area (Å²) in [5.74, 6) is -1.48. The Bertz CT molecular complexity index is 690. The van der Waals surface area contributed by atoms with E-state index in [9.17, 15) is 9.59 Å². The molecule has 0 radical (unpaired) electrons. The van der Waals surface area contributed by atoms with Gasteiger partial charge in [0.1, 0.15) is 0 Å². The van der Waals surface area contributed by atoms with Crippen LogP contribution in [0, 0.1) is 5.92 Å². The van der Waals surface area contributed by atoms with Crippen LogP contribution in [0.15, 0.2) is 42.5 Å². The first-order valence-electron chi connectivity index (χ1n) is 7.12. The van der Waals surface area contributed by atoms with Crippen molar-refractivity contribution in [1.82, 2.24) is 4.90 Å². The second kappa shape index (κ2) is 5.56. The number of aliphatic carboxylic acids is 1. The van der Waals surface area contributed by atoms with Crippen LogP contribution in [0.2, 0.25) is 0 Å². The number of carboxylic acids is 1. The number of carbonyl (C=O) groups is 2. The van der Waals surface area contributed by atoms with Gasteiger partial charge in [0.05, 0.1) is 5.92 Å². The Morgan fingerprint density at radius 2 is 1.95 bits per heavy atom. The lowest BCUT2D eigenvalue weighted by Crippen LogP contribution is -2.28. The lowest BCUT2D eigenvalue weighted by Gasteiger charge is -2.16. The van der Waals surface area contributed by atoms with E-state index in [1.807, 2.05) is 18.2 Å². The Labute approximate surface area is 123 Å². The van der Waals surface area contributed by atoms with Crippen molar-refractivity contribution < 1.29 is 14.7 Å². The molecule has 1 amide bonds. The van der Waals surface area contributed by atoms with Crippen LogP contribution in [0.3, 0.4) is 0 Å². The van der Waals surface area contributed by atoms with E-state index in [0.29, 0.717) is 13.1 Å². The predicted octanol–water partition coefficient (Wildman–Crippen LogP) is 2.32. The molecular formula is C17H17NO3. The Hall–Kier alpha value is -2.36. The molecule has 1 heterocycles. The zero-order chi connectivity index (χ0) is 14.8. The molecule has 0 aliphatic carbocycles. The molecule has 108 valence electrons. The van der Waals surface area contributed by atoms with E-state index in [2.05, 4.69) is 24.3 Å². The van der Waals surface area contributed by atoms with Gasteiger partial charge >= 0.3 is 5.97 Å². The third kappa shape index (κ3) is 2.75. The summed E-state index contributed by atoms with van der Waals surface area (Å²) in [4.78, 5) is 24.5. The molecule has 1 N–H and O–H groups in total. The van der Waals surface area contributed by atoms with Gasteiger partial charge in [-0.2, -0.15) is 0 Å². The molecule has 0 aromatic heterocycles. The van der Waals surface area contributed by atoms with Gasteiger partial charge in [-0.1, -0.05) is 42.5 Å². The number of benzene rings is 2. The summed E-state index contributed by atoms with van der Waals surface area (Å²) < 4.78 is 0. The normalized spacial score (nSPS) is 18.4. The molecule has 2 aromatic carbocycles. The Morgan fingerprint density at radius 3 is 2.71 bits per heavy atom. The van der Waals surface area contributed by atoms with Crippen molar-refractivity contribution in [3.63, 3.8) is 0 Å². The molecule has 1 aliphatic heterocycles. The molecule has 3 rings (SSSR count). The maximum Gasteiger partial charge on any atom is 0.308 e. The maximum absolute atomic E-state index is 11.8. The molecule has 4 nitrogen and oxygen atoms in total. The minimum Gasteiger partial charge on any atom is -0.481 e.